The van der Waals surface area contributed by atoms with Crippen molar-refractivity contribution in [2.45, 2.75) is 31.7 Å². The van der Waals surface area contributed by atoms with Gasteiger partial charge in [-0.05, 0) is 44.0 Å². The Morgan fingerprint density at radius 3 is 2.26 bits per heavy atom. The molecule has 2 rings (SSSR count). The van der Waals surface area contributed by atoms with Gasteiger partial charge in [0.25, 0.3) is 5.69 Å². The number of nitro groups is 1. The van der Waals surface area contributed by atoms with Gasteiger partial charge in [0.2, 0.25) is 10.0 Å². The number of benzene rings is 2. The van der Waals surface area contributed by atoms with E-state index in [9.17, 15) is 18.5 Å². The quantitative estimate of drug-likeness (QED) is 0.671. The summed E-state index contributed by atoms with van der Waals surface area (Å²) in [5, 5.41) is 10.6. The van der Waals surface area contributed by atoms with Crippen LogP contribution in [-0.2, 0) is 10.0 Å². The molecule has 0 unspecified atom stereocenters. The molecule has 0 aliphatic carbocycles. The monoisotopic (exact) mass is 334 g/mol. The van der Waals surface area contributed by atoms with Crippen LogP contribution in [0.5, 0.6) is 0 Å². The van der Waals surface area contributed by atoms with Crippen molar-refractivity contribution in [3.05, 3.63) is 69.3 Å². The van der Waals surface area contributed by atoms with Crippen LogP contribution in [0.2, 0.25) is 0 Å². The van der Waals surface area contributed by atoms with Crippen LogP contribution < -0.4 is 4.72 Å². The first kappa shape index (κ1) is 17.1. The topological polar surface area (TPSA) is 89.3 Å². The smallest absolute Gasteiger partial charge is 0.258 e. The van der Waals surface area contributed by atoms with Gasteiger partial charge < -0.3 is 0 Å². The molecule has 6 nitrogen and oxygen atoms in total. The fourth-order valence-corrected chi connectivity index (χ4v) is 3.56. The number of nitrogens with one attached hydrogen (secondary N) is 1. The molecule has 0 fully saturated rings. The fraction of sp³-hybridized carbons (Fsp3) is 0.250. The predicted octanol–water partition coefficient (Wildman–Crippen LogP) is 3.25. The van der Waals surface area contributed by atoms with Crippen LogP contribution in [0.15, 0.2) is 47.4 Å². The molecular formula is C16H18N2O4S. The minimum atomic E-state index is -3.75. The highest BCUT2D eigenvalue weighted by Gasteiger charge is 2.20. The molecule has 0 bridgehead atoms. The summed E-state index contributed by atoms with van der Waals surface area (Å²) in [6, 6.07) is 10.3. The first-order valence-electron chi connectivity index (χ1n) is 7.04. The number of hydrogen-bond donors (Lipinski definition) is 1. The van der Waals surface area contributed by atoms with E-state index >= 15 is 0 Å². The molecule has 0 aliphatic rings. The Morgan fingerprint density at radius 2 is 1.70 bits per heavy atom. The molecule has 0 aromatic heterocycles. The van der Waals surface area contributed by atoms with Gasteiger partial charge in [-0.2, -0.15) is 0 Å². The standard InChI is InChI=1S/C16H18N2O4S/c1-11-4-5-12(2)16(10-11)13(3)17-23(21,22)15-8-6-14(7-9-15)18(19)20/h4-10,13,17H,1-3H3/t13-/m1/s1. The van der Waals surface area contributed by atoms with Crippen LogP contribution in [0.4, 0.5) is 5.69 Å². The van der Waals surface area contributed by atoms with Crippen molar-refractivity contribution in [3.63, 3.8) is 0 Å². The number of nitrogens with zero attached hydrogens (tertiary/aromatic N) is 1. The molecule has 1 N–H and O–H groups in total. The number of hydrogen-bond acceptors (Lipinski definition) is 4. The van der Waals surface area contributed by atoms with Crippen LogP contribution in [-0.4, -0.2) is 13.3 Å². The van der Waals surface area contributed by atoms with Gasteiger partial charge in [-0.15, -0.1) is 0 Å². The van der Waals surface area contributed by atoms with Crippen molar-refractivity contribution in [3.8, 4) is 0 Å². The zero-order valence-electron chi connectivity index (χ0n) is 13.1. The SMILES string of the molecule is Cc1ccc(C)c([C@@H](C)NS(=O)(=O)c2ccc([N+](=O)[O-])cc2)c1. The molecule has 0 heterocycles. The van der Waals surface area contributed by atoms with Crippen molar-refractivity contribution in [2.24, 2.45) is 0 Å². The second kappa shape index (κ2) is 6.47. The predicted molar refractivity (Wildman–Crippen MR) is 87.7 cm³/mol. The zero-order valence-corrected chi connectivity index (χ0v) is 13.9. The number of sulfonamides is 1. The summed E-state index contributed by atoms with van der Waals surface area (Å²) in [4.78, 5) is 10.1. The van der Waals surface area contributed by atoms with Gasteiger partial charge in [0.15, 0.2) is 0 Å². The van der Waals surface area contributed by atoms with Gasteiger partial charge in [0, 0.05) is 18.2 Å². The number of nitro benzene ring substituents is 1. The first-order valence-corrected chi connectivity index (χ1v) is 8.53. The van der Waals surface area contributed by atoms with Gasteiger partial charge in [-0.25, -0.2) is 13.1 Å². The summed E-state index contributed by atoms with van der Waals surface area (Å²) in [6.07, 6.45) is 0. The molecular weight excluding hydrogens is 316 g/mol. The fourth-order valence-electron chi connectivity index (χ4n) is 2.34. The third kappa shape index (κ3) is 3.94. The third-order valence-corrected chi connectivity index (χ3v) is 5.15. The van der Waals surface area contributed by atoms with Crippen LogP contribution in [0.1, 0.15) is 29.7 Å². The number of aryl methyl sites for hydroxylation is 2. The van der Waals surface area contributed by atoms with E-state index < -0.39 is 21.0 Å². The molecule has 23 heavy (non-hydrogen) atoms. The van der Waals surface area contributed by atoms with E-state index in [0.29, 0.717) is 0 Å². The van der Waals surface area contributed by atoms with Crippen LogP contribution >= 0.6 is 0 Å². The maximum Gasteiger partial charge on any atom is 0.269 e. The lowest BCUT2D eigenvalue weighted by Crippen LogP contribution is -2.27. The lowest BCUT2D eigenvalue weighted by Gasteiger charge is -2.17. The van der Waals surface area contributed by atoms with Gasteiger partial charge in [-0.1, -0.05) is 23.8 Å². The molecule has 2 aromatic rings. The van der Waals surface area contributed by atoms with Crippen molar-refractivity contribution in [1.29, 1.82) is 0 Å². The van der Waals surface area contributed by atoms with Crippen LogP contribution in [0, 0.1) is 24.0 Å². The Labute approximate surface area is 135 Å². The molecule has 7 heteroatoms. The molecule has 0 amide bonds. The molecule has 1 atom stereocenters. The summed E-state index contributed by atoms with van der Waals surface area (Å²) < 4.78 is 27.4. The van der Waals surface area contributed by atoms with Crippen LogP contribution in [0.25, 0.3) is 0 Å². The summed E-state index contributed by atoms with van der Waals surface area (Å²) in [5.74, 6) is 0. The van der Waals surface area contributed by atoms with Crippen molar-refractivity contribution < 1.29 is 13.3 Å². The average Bonchev–Trinajstić information content (AvgIpc) is 2.49. The van der Waals surface area contributed by atoms with Gasteiger partial charge in [-0.3, -0.25) is 10.1 Å². The molecule has 0 aliphatic heterocycles. The summed E-state index contributed by atoms with van der Waals surface area (Å²) in [5.41, 5.74) is 2.79. The van der Waals surface area contributed by atoms with E-state index in [0.717, 1.165) is 16.7 Å². The molecule has 0 saturated carbocycles. The maximum atomic E-state index is 12.4. The van der Waals surface area contributed by atoms with Crippen LogP contribution in [0.3, 0.4) is 0 Å². The average molecular weight is 334 g/mol. The second-order valence-electron chi connectivity index (χ2n) is 5.45. The Hall–Kier alpha value is -2.25. The summed E-state index contributed by atoms with van der Waals surface area (Å²) in [6.45, 7) is 5.64. The lowest BCUT2D eigenvalue weighted by molar-refractivity contribution is -0.384. The highest BCUT2D eigenvalue weighted by molar-refractivity contribution is 7.89. The Balaban J connectivity index is 2.26. The molecule has 0 spiro atoms. The van der Waals surface area contributed by atoms with Gasteiger partial charge in [0.1, 0.15) is 0 Å². The Morgan fingerprint density at radius 1 is 1.09 bits per heavy atom. The lowest BCUT2D eigenvalue weighted by atomic mass is 10.0. The molecule has 122 valence electrons. The number of non-ortho nitro benzene ring substituents is 1. The highest BCUT2D eigenvalue weighted by Crippen LogP contribution is 2.22. The van der Waals surface area contributed by atoms with Crippen molar-refractivity contribution in [1.82, 2.24) is 4.72 Å². The largest absolute Gasteiger partial charge is 0.269 e. The minimum Gasteiger partial charge on any atom is -0.258 e. The number of rotatable bonds is 5. The molecule has 2 aromatic carbocycles. The maximum absolute atomic E-state index is 12.4. The molecule has 0 saturated heterocycles. The minimum absolute atomic E-state index is 0.000237. The first-order chi connectivity index (χ1) is 10.7. The van der Waals surface area contributed by atoms with Crippen molar-refractivity contribution in [2.75, 3.05) is 0 Å². The van der Waals surface area contributed by atoms with E-state index in [2.05, 4.69) is 4.72 Å². The van der Waals surface area contributed by atoms with E-state index in [-0.39, 0.29) is 10.6 Å². The Bertz CT molecular complexity index is 830. The Kier molecular flexibility index (Phi) is 4.82. The normalized spacial score (nSPS) is 12.8. The van der Waals surface area contributed by atoms with E-state index in [1.807, 2.05) is 32.0 Å². The van der Waals surface area contributed by atoms with Gasteiger partial charge >= 0.3 is 0 Å². The summed E-state index contributed by atoms with van der Waals surface area (Å²) >= 11 is 0. The van der Waals surface area contributed by atoms with E-state index in [1.165, 1.54) is 24.3 Å². The third-order valence-electron chi connectivity index (χ3n) is 3.59. The van der Waals surface area contributed by atoms with Gasteiger partial charge in [0.05, 0.1) is 9.82 Å². The highest BCUT2D eigenvalue weighted by atomic mass is 32.2. The van der Waals surface area contributed by atoms with E-state index in [1.54, 1.807) is 6.92 Å². The molecule has 0 radical (unpaired) electrons. The van der Waals surface area contributed by atoms with E-state index in [4.69, 9.17) is 0 Å². The zero-order chi connectivity index (χ0) is 17.2. The second-order valence-corrected chi connectivity index (χ2v) is 7.17. The summed E-state index contributed by atoms with van der Waals surface area (Å²) in [7, 11) is -3.75. The van der Waals surface area contributed by atoms with Crippen molar-refractivity contribution >= 4 is 15.7 Å².